The molecule has 0 atom stereocenters. The highest BCUT2D eigenvalue weighted by atomic mass is 16.3. The molecule has 3 N–H and O–H groups in total. The van der Waals surface area contributed by atoms with Crippen LogP contribution in [-0.4, -0.2) is 15.3 Å². The Morgan fingerprint density at radius 1 is 0.571 bits per heavy atom. The van der Waals surface area contributed by atoms with Gasteiger partial charge in [-0.25, -0.2) is 0 Å². The third-order valence-electron chi connectivity index (χ3n) is 3.32. The van der Waals surface area contributed by atoms with Gasteiger partial charge in [-0.1, -0.05) is 48.5 Å². The summed E-state index contributed by atoms with van der Waals surface area (Å²) in [5.74, 6) is -0.0854. The molecule has 21 heavy (non-hydrogen) atoms. The highest BCUT2D eigenvalue weighted by Crippen LogP contribution is 2.44. The fourth-order valence-corrected chi connectivity index (χ4v) is 2.36. The minimum atomic E-state index is -0.0920. The third-order valence-corrected chi connectivity index (χ3v) is 3.32. The van der Waals surface area contributed by atoms with Crippen LogP contribution in [0.25, 0.3) is 22.3 Å². The molecule has 0 heterocycles. The lowest BCUT2D eigenvalue weighted by molar-refractivity contribution is 0.469. The first kappa shape index (κ1) is 11.9. The summed E-state index contributed by atoms with van der Waals surface area (Å²) >= 11 is 0. The Balaban J connectivity index is 2.36. The summed E-state index contributed by atoms with van der Waals surface area (Å²) in [7, 11) is 0. The molecule has 0 spiro atoms. The summed E-state index contributed by atoms with van der Waals surface area (Å²) < 4.78 is 8.02. The summed E-state index contributed by atoms with van der Waals surface area (Å²) in [5, 5.41) is 30.5. The van der Waals surface area contributed by atoms with Crippen molar-refractivity contribution in [2.45, 2.75) is 0 Å². The van der Waals surface area contributed by atoms with Crippen molar-refractivity contribution >= 4 is 0 Å². The fraction of sp³-hybridized carbons (Fsp3) is 0. The molecule has 0 radical (unpaired) electrons. The van der Waals surface area contributed by atoms with Crippen LogP contribution in [0, 0.1) is 0 Å². The van der Waals surface area contributed by atoms with Crippen LogP contribution in [0.15, 0.2) is 66.7 Å². The van der Waals surface area contributed by atoms with Gasteiger partial charge in [0.1, 0.15) is 17.2 Å². The average Bonchev–Trinajstić information content (AvgIpc) is 2.49. The molecule has 3 aromatic rings. The van der Waals surface area contributed by atoms with Crippen molar-refractivity contribution in [3.05, 3.63) is 66.7 Å². The Morgan fingerprint density at radius 2 is 1.14 bits per heavy atom. The Kier molecular flexibility index (Phi) is 2.94. The normalized spacial score (nSPS) is 11.1. The monoisotopic (exact) mass is 279 g/mol. The van der Waals surface area contributed by atoms with Crippen LogP contribution >= 0.6 is 0 Å². The van der Waals surface area contributed by atoms with Gasteiger partial charge in [-0.2, -0.15) is 0 Å². The summed E-state index contributed by atoms with van der Waals surface area (Å²) in [6, 6.07) is 16.3. The van der Waals surface area contributed by atoms with E-state index in [1.54, 1.807) is 42.5 Å². The van der Waals surface area contributed by atoms with Crippen molar-refractivity contribution in [1.82, 2.24) is 0 Å². The Hall–Kier alpha value is -2.94. The molecule has 3 nitrogen and oxygen atoms in total. The fourth-order valence-electron chi connectivity index (χ4n) is 2.36. The van der Waals surface area contributed by atoms with E-state index in [2.05, 4.69) is 0 Å². The molecule has 3 heteroatoms. The zero-order valence-electron chi connectivity index (χ0n) is 12.1. The second-order valence-electron chi connectivity index (χ2n) is 4.65. The molecule has 0 aliphatic heterocycles. The van der Waals surface area contributed by atoms with Crippen LogP contribution in [-0.2, 0) is 0 Å². The summed E-state index contributed by atoms with van der Waals surface area (Å²) in [5.41, 5.74) is 1.63. The SMILES string of the molecule is [2H]c1cccc(O)c1-c1c(O)cccc1-c1ccccc1O. The van der Waals surface area contributed by atoms with E-state index < -0.39 is 0 Å². The summed E-state index contributed by atoms with van der Waals surface area (Å²) in [6.07, 6.45) is 0. The number of para-hydroxylation sites is 2. The first-order chi connectivity index (χ1) is 10.6. The van der Waals surface area contributed by atoms with Crippen molar-refractivity contribution in [1.29, 1.82) is 0 Å². The minimum Gasteiger partial charge on any atom is -0.507 e. The van der Waals surface area contributed by atoms with Crippen LogP contribution in [0.1, 0.15) is 1.37 Å². The van der Waals surface area contributed by atoms with Gasteiger partial charge in [0.15, 0.2) is 0 Å². The standard InChI is InChI=1S/C18H14O3/c19-15-9-3-1-6-12(15)13-8-5-11-17(21)18(13)14-7-2-4-10-16(14)20/h1-11,19-21H/i7D. The molecule has 3 aromatic carbocycles. The highest BCUT2D eigenvalue weighted by Gasteiger charge is 2.16. The van der Waals surface area contributed by atoms with Crippen molar-refractivity contribution in [2.24, 2.45) is 0 Å². The first-order valence-electron chi connectivity index (χ1n) is 6.99. The number of phenolic OH excluding ortho intramolecular Hbond substituents is 3. The van der Waals surface area contributed by atoms with Crippen molar-refractivity contribution < 1.29 is 16.7 Å². The van der Waals surface area contributed by atoms with E-state index in [1.165, 1.54) is 18.2 Å². The number of aromatic hydroxyl groups is 3. The average molecular weight is 279 g/mol. The van der Waals surface area contributed by atoms with Gasteiger partial charge < -0.3 is 15.3 Å². The molecule has 0 saturated carbocycles. The molecule has 3 rings (SSSR count). The Bertz CT molecular complexity index is 823. The van der Waals surface area contributed by atoms with Gasteiger partial charge >= 0.3 is 0 Å². The quantitative estimate of drug-likeness (QED) is 0.660. The van der Waals surface area contributed by atoms with Gasteiger partial charge in [-0.3, -0.25) is 0 Å². The van der Waals surface area contributed by atoms with Gasteiger partial charge in [0.25, 0.3) is 0 Å². The maximum Gasteiger partial charge on any atom is 0.124 e. The van der Waals surface area contributed by atoms with Gasteiger partial charge in [0.2, 0.25) is 0 Å². The van der Waals surface area contributed by atoms with E-state index in [4.69, 9.17) is 1.37 Å². The Morgan fingerprint density at radius 3 is 1.86 bits per heavy atom. The van der Waals surface area contributed by atoms with Crippen molar-refractivity contribution in [2.75, 3.05) is 0 Å². The van der Waals surface area contributed by atoms with E-state index in [1.807, 2.05) is 0 Å². The zero-order valence-corrected chi connectivity index (χ0v) is 11.1. The van der Waals surface area contributed by atoms with E-state index in [0.29, 0.717) is 16.7 Å². The predicted molar refractivity (Wildman–Crippen MR) is 82.3 cm³/mol. The maximum absolute atomic E-state index is 10.3. The summed E-state index contributed by atoms with van der Waals surface area (Å²) in [4.78, 5) is 0. The smallest absolute Gasteiger partial charge is 0.124 e. The zero-order chi connectivity index (χ0) is 15.7. The first-order valence-corrected chi connectivity index (χ1v) is 6.49. The number of benzene rings is 3. The van der Waals surface area contributed by atoms with Crippen LogP contribution in [0.5, 0.6) is 17.2 Å². The lowest BCUT2D eigenvalue weighted by Gasteiger charge is -2.14. The molecule has 0 unspecified atom stereocenters. The van der Waals surface area contributed by atoms with Crippen LogP contribution in [0.3, 0.4) is 0 Å². The van der Waals surface area contributed by atoms with Crippen LogP contribution in [0.2, 0.25) is 0 Å². The maximum atomic E-state index is 10.3. The molecule has 0 aliphatic rings. The van der Waals surface area contributed by atoms with Crippen molar-refractivity contribution in [3.63, 3.8) is 0 Å². The van der Waals surface area contributed by atoms with E-state index in [-0.39, 0.29) is 28.9 Å². The van der Waals surface area contributed by atoms with Gasteiger partial charge in [0.05, 0.1) is 1.37 Å². The van der Waals surface area contributed by atoms with E-state index in [9.17, 15) is 15.3 Å². The third kappa shape index (κ3) is 2.30. The summed E-state index contributed by atoms with van der Waals surface area (Å²) in [6.45, 7) is 0. The molecular formula is C18H14O3. The predicted octanol–water partition coefficient (Wildman–Crippen LogP) is 4.14. The molecular weight excluding hydrogens is 264 g/mol. The van der Waals surface area contributed by atoms with Gasteiger partial charge in [-0.15, -0.1) is 0 Å². The molecule has 0 aliphatic carbocycles. The van der Waals surface area contributed by atoms with Gasteiger partial charge in [0, 0.05) is 16.7 Å². The van der Waals surface area contributed by atoms with E-state index in [0.717, 1.165) is 0 Å². The molecule has 0 saturated heterocycles. The minimum absolute atomic E-state index is 0.0595. The molecule has 0 bridgehead atoms. The second-order valence-corrected chi connectivity index (χ2v) is 4.65. The van der Waals surface area contributed by atoms with Gasteiger partial charge in [-0.05, 0) is 23.8 Å². The van der Waals surface area contributed by atoms with Crippen molar-refractivity contribution in [3.8, 4) is 39.5 Å². The number of hydrogen-bond donors (Lipinski definition) is 3. The number of phenols is 3. The molecule has 0 amide bonds. The number of hydrogen-bond acceptors (Lipinski definition) is 3. The lowest BCUT2D eigenvalue weighted by atomic mass is 9.93. The topological polar surface area (TPSA) is 60.7 Å². The second kappa shape index (κ2) is 5.21. The molecule has 0 aromatic heterocycles. The molecule has 104 valence electrons. The lowest BCUT2D eigenvalue weighted by Crippen LogP contribution is -1.87. The van der Waals surface area contributed by atoms with Crippen LogP contribution in [0.4, 0.5) is 0 Å². The largest absolute Gasteiger partial charge is 0.507 e. The Labute approximate surface area is 123 Å². The van der Waals surface area contributed by atoms with Crippen LogP contribution < -0.4 is 0 Å². The van der Waals surface area contributed by atoms with E-state index >= 15 is 0 Å². The number of rotatable bonds is 2. The molecule has 0 fully saturated rings. The highest BCUT2D eigenvalue weighted by molar-refractivity contribution is 5.91.